The Morgan fingerprint density at radius 2 is 1.89 bits per heavy atom. The maximum Gasteiger partial charge on any atom is 0.242 e. The SMILES string of the molecule is COc1ccccc1N1CCN(Cc2cn(CC(=O)NCc3ccc(-c4ccc(Cl)cc4Cl)o3)nn2)CC1. The third-order valence-electron chi connectivity index (χ3n) is 6.39. The Bertz CT molecular complexity index is 1400. The van der Waals surface area contributed by atoms with E-state index < -0.39 is 0 Å². The molecule has 1 N–H and O–H groups in total. The van der Waals surface area contributed by atoms with Gasteiger partial charge in [-0.2, -0.15) is 0 Å². The summed E-state index contributed by atoms with van der Waals surface area (Å²) >= 11 is 12.2. The smallest absolute Gasteiger partial charge is 0.242 e. The van der Waals surface area contributed by atoms with Gasteiger partial charge in [-0.25, -0.2) is 4.68 Å². The molecule has 1 amide bonds. The summed E-state index contributed by atoms with van der Waals surface area (Å²) in [5.41, 5.74) is 2.69. The number of anilines is 1. The van der Waals surface area contributed by atoms with Crippen molar-refractivity contribution in [3.8, 4) is 17.1 Å². The third kappa shape index (κ3) is 6.30. The van der Waals surface area contributed by atoms with Gasteiger partial charge < -0.3 is 19.4 Å². The molecule has 0 aliphatic carbocycles. The van der Waals surface area contributed by atoms with Crippen LogP contribution in [0.15, 0.2) is 65.2 Å². The number of rotatable bonds is 9. The Labute approximate surface area is 230 Å². The second-order valence-electron chi connectivity index (χ2n) is 9.01. The molecule has 1 saturated heterocycles. The quantitative estimate of drug-likeness (QED) is 0.326. The van der Waals surface area contributed by atoms with Crippen molar-refractivity contribution in [3.05, 3.63) is 82.3 Å². The first-order chi connectivity index (χ1) is 18.5. The van der Waals surface area contributed by atoms with Crippen molar-refractivity contribution in [1.82, 2.24) is 25.2 Å². The number of nitrogens with one attached hydrogen (secondary N) is 1. The van der Waals surface area contributed by atoms with Crippen LogP contribution in [0.25, 0.3) is 11.3 Å². The highest BCUT2D eigenvalue weighted by molar-refractivity contribution is 6.36. The van der Waals surface area contributed by atoms with Crippen molar-refractivity contribution in [1.29, 1.82) is 0 Å². The van der Waals surface area contributed by atoms with Gasteiger partial charge in [-0.05, 0) is 42.5 Å². The van der Waals surface area contributed by atoms with E-state index in [1.165, 1.54) is 0 Å². The van der Waals surface area contributed by atoms with Gasteiger partial charge in [0.15, 0.2) is 0 Å². The highest BCUT2D eigenvalue weighted by Gasteiger charge is 2.20. The van der Waals surface area contributed by atoms with Crippen molar-refractivity contribution < 1.29 is 13.9 Å². The number of nitrogens with zero attached hydrogens (tertiary/aromatic N) is 5. The summed E-state index contributed by atoms with van der Waals surface area (Å²) in [5, 5.41) is 12.3. The number of hydrogen-bond acceptors (Lipinski definition) is 7. The van der Waals surface area contributed by atoms with E-state index in [-0.39, 0.29) is 19.0 Å². The molecule has 4 aromatic rings. The topological polar surface area (TPSA) is 88.7 Å². The lowest BCUT2D eigenvalue weighted by molar-refractivity contribution is -0.122. The minimum Gasteiger partial charge on any atom is -0.495 e. The number of methoxy groups -OCH3 is 1. The van der Waals surface area contributed by atoms with Gasteiger partial charge in [0.2, 0.25) is 5.91 Å². The first kappa shape index (κ1) is 26.1. The van der Waals surface area contributed by atoms with E-state index in [1.54, 1.807) is 30.0 Å². The number of piperazine rings is 1. The number of hydrogen-bond donors (Lipinski definition) is 1. The molecule has 9 nitrogen and oxygen atoms in total. The van der Waals surface area contributed by atoms with Crippen LogP contribution in [0.5, 0.6) is 5.75 Å². The first-order valence-electron chi connectivity index (χ1n) is 12.3. The lowest BCUT2D eigenvalue weighted by Crippen LogP contribution is -2.46. The molecule has 1 fully saturated rings. The molecule has 5 rings (SSSR count). The number of carbonyl (C=O) groups excluding carboxylic acids is 1. The van der Waals surface area contributed by atoms with E-state index in [0.717, 1.165) is 48.9 Å². The predicted octanol–water partition coefficient (Wildman–Crippen LogP) is 4.49. The van der Waals surface area contributed by atoms with Crippen LogP contribution in [0, 0.1) is 0 Å². The number of ether oxygens (including phenoxy) is 1. The maximum absolute atomic E-state index is 12.5. The number of halogens is 2. The van der Waals surface area contributed by atoms with Gasteiger partial charge in [0, 0.05) is 43.3 Å². The molecular weight excluding hydrogens is 527 g/mol. The lowest BCUT2D eigenvalue weighted by Gasteiger charge is -2.36. The summed E-state index contributed by atoms with van der Waals surface area (Å²) in [4.78, 5) is 17.1. The van der Waals surface area contributed by atoms with Crippen molar-refractivity contribution in [3.63, 3.8) is 0 Å². The zero-order chi connectivity index (χ0) is 26.5. The molecule has 3 heterocycles. The molecule has 0 bridgehead atoms. The molecule has 11 heteroatoms. The van der Waals surface area contributed by atoms with Gasteiger partial charge in [-0.3, -0.25) is 9.69 Å². The van der Waals surface area contributed by atoms with Gasteiger partial charge in [0.05, 0.1) is 36.3 Å². The summed E-state index contributed by atoms with van der Waals surface area (Å²) in [5.74, 6) is 1.93. The number of benzene rings is 2. The monoisotopic (exact) mass is 554 g/mol. The second-order valence-corrected chi connectivity index (χ2v) is 9.85. The molecule has 0 radical (unpaired) electrons. The summed E-state index contributed by atoms with van der Waals surface area (Å²) in [6.07, 6.45) is 1.82. The van der Waals surface area contributed by atoms with E-state index in [4.69, 9.17) is 32.4 Å². The fourth-order valence-electron chi connectivity index (χ4n) is 4.45. The van der Waals surface area contributed by atoms with Gasteiger partial charge in [0.25, 0.3) is 0 Å². The van der Waals surface area contributed by atoms with Crippen LogP contribution in [0.3, 0.4) is 0 Å². The Balaban J connectivity index is 1.08. The van der Waals surface area contributed by atoms with E-state index in [1.807, 2.05) is 36.5 Å². The van der Waals surface area contributed by atoms with Crippen LogP contribution in [-0.2, 0) is 24.4 Å². The number of aromatic nitrogens is 3. The first-order valence-corrected chi connectivity index (χ1v) is 13.0. The minimum absolute atomic E-state index is 0.0746. The second kappa shape index (κ2) is 11.9. The Morgan fingerprint density at radius 1 is 1.08 bits per heavy atom. The summed E-state index contributed by atoms with van der Waals surface area (Å²) in [6.45, 7) is 4.61. The predicted molar refractivity (Wildman–Crippen MR) is 147 cm³/mol. The molecule has 38 heavy (non-hydrogen) atoms. The number of furan rings is 1. The number of carbonyl (C=O) groups is 1. The van der Waals surface area contributed by atoms with Crippen LogP contribution < -0.4 is 15.0 Å². The molecule has 0 unspecified atom stereocenters. The average molecular weight is 555 g/mol. The number of amides is 1. The van der Waals surface area contributed by atoms with E-state index in [0.29, 0.717) is 28.1 Å². The lowest BCUT2D eigenvalue weighted by atomic mass is 10.2. The molecule has 0 saturated carbocycles. The molecule has 2 aromatic heterocycles. The van der Waals surface area contributed by atoms with Crippen LogP contribution in [0.2, 0.25) is 10.0 Å². The minimum atomic E-state index is -0.186. The van der Waals surface area contributed by atoms with Gasteiger partial charge in [-0.15, -0.1) is 5.10 Å². The van der Waals surface area contributed by atoms with E-state index in [9.17, 15) is 4.79 Å². The average Bonchev–Trinajstić information content (AvgIpc) is 3.57. The van der Waals surface area contributed by atoms with Gasteiger partial charge in [0.1, 0.15) is 23.8 Å². The van der Waals surface area contributed by atoms with Crippen LogP contribution in [-0.4, -0.2) is 59.1 Å². The van der Waals surface area contributed by atoms with Crippen molar-refractivity contribution in [2.75, 3.05) is 38.2 Å². The van der Waals surface area contributed by atoms with Crippen LogP contribution in [0.1, 0.15) is 11.5 Å². The normalized spacial score (nSPS) is 14.0. The Morgan fingerprint density at radius 3 is 2.68 bits per heavy atom. The molecule has 0 spiro atoms. The Hall–Kier alpha value is -3.53. The van der Waals surface area contributed by atoms with Gasteiger partial charge >= 0.3 is 0 Å². The van der Waals surface area contributed by atoms with Crippen molar-refractivity contribution >= 4 is 34.8 Å². The summed E-state index contributed by atoms with van der Waals surface area (Å²) in [7, 11) is 1.70. The van der Waals surface area contributed by atoms with Crippen LogP contribution >= 0.6 is 23.2 Å². The number of para-hydroxylation sites is 2. The summed E-state index contributed by atoms with van der Waals surface area (Å²) in [6, 6.07) is 16.9. The van der Waals surface area contributed by atoms with Crippen molar-refractivity contribution in [2.24, 2.45) is 0 Å². The zero-order valence-corrected chi connectivity index (χ0v) is 22.5. The van der Waals surface area contributed by atoms with Crippen LogP contribution in [0.4, 0.5) is 5.69 Å². The molecule has 2 aromatic carbocycles. The van der Waals surface area contributed by atoms with Gasteiger partial charge in [-0.1, -0.05) is 40.5 Å². The highest BCUT2D eigenvalue weighted by atomic mass is 35.5. The molecular formula is C27H28Cl2N6O3. The highest BCUT2D eigenvalue weighted by Crippen LogP contribution is 2.31. The fourth-order valence-corrected chi connectivity index (χ4v) is 4.95. The maximum atomic E-state index is 12.5. The zero-order valence-electron chi connectivity index (χ0n) is 20.9. The van der Waals surface area contributed by atoms with Crippen molar-refractivity contribution in [2.45, 2.75) is 19.6 Å². The largest absolute Gasteiger partial charge is 0.495 e. The van der Waals surface area contributed by atoms with E-state index in [2.05, 4.69) is 31.5 Å². The summed E-state index contributed by atoms with van der Waals surface area (Å²) < 4.78 is 12.9. The van der Waals surface area contributed by atoms with E-state index >= 15 is 0 Å². The fraction of sp³-hybridized carbons (Fsp3) is 0.296. The molecule has 0 atom stereocenters. The molecule has 1 aliphatic rings. The molecule has 1 aliphatic heterocycles. The standard InChI is InChI=1S/C27H28Cl2N6O3/c1-37-26-5-3-2-4-24(26)34-12-10-33(11-13-34)16-20-17-35(32-31-20)18-27(36)30-15-21-7-9-25(38-21)22-8-6-19(28)14-23(22)29/h2-9,14,17H,10-13,15-16,18H2,1H3,(H,30,36). The third-order valence-corrected chi connectivity index (χ3v) is 6.94. The Kier molecular flexibility index (Phi) is 8.17. The molecule has 198 valence electrons.